The average molecular weight is 263 g/mol. The normalized spacial score (nSPS) is 24.3. The number of nitrogens with one attached hydrogen (secondary N) is 1. The first kappa shape index (κ1) is 11.9. The van der Waals surface area contributed by atoms with Crippen molar-refractivity contribution in [2.75, 3.05) is 7.05 Å². The number of thiophene rings is 1. The third kappa shape index (κ3) is 2.20. The third-order valence-corrected chi connectivity index (χ3v) is 4.44. The molecule has 1 fully saturated rings. The van der Waals surface area contributed by atoms with Gasteiger partial charge in [0.2, 0.25) is 5.88 Å². The Labute approximate surface area is 110 Å². The van der Waals surface area contributed by atoms with Gasteiger partial charge in [0.1, 0.15) is 17.1 Å². The van der Waals surface area contributed by atoms with Gasteiger partial charge in [0.25, 0.3) is 0 Å². The van der Waals surface area contributed by atoms with Gasteiger partial charge in [0, 0.05) is 6.04 Å². The number of aromatic nitrogens is 2. The summed E-state index contributed by atoms with van der Waals surface area (Å²) in [5, 5.41) is 5.38. The predicted octanol–water partition coefficient (Wildman–Crippen LogP) is 2.60. The lowest BCUT2D eigenvalue weighted by Gasteiger charge is -2.31. The summed E-state index contributed by atoms with van der Waals surface area (Å²) in [5.74, 6) is 0.738. The molecule has 0 spiro atoms. The minimum Gasteiger partial charge on any atom is -0.472 e. The van der Waals surface area contributed by atoms with Crippen LogP contribution in [0.1, 0.15) is 25.7 Å². The van der Waals surface area contributed by atoms with Crippen LogP contribution < -0.4 is 10.1 Å². The number of nitrogens with zero attached hydrogens (tertiary/aromatic N) is 2. The molecule has 5 heteroatoms. The minimum atomic E-state index is 0.226. The molecule has 18 heavy (non-hydrogen) atoms. The van der Waals surface area contributed by atoms with E-state index in [4.69, 9.17) is 4.74 Å². The number of likely N-dealkylation sites (N-methyl/N-ethyl adjacent to an activating group) is 1. The van der Waals surface area contributed by atoms with Crippen molar-refractivity contribution in [1.82, 2.24) is 15.3 Å². The second-order valence-corrected chi connectivity index (χ2v) is 5.57. The maximum Gasteiger partial charge on any atom is 0.235 e. The van der Waals surface area contributed by atoms with E-state index in [0.29, 0.717) is 6.04 Å². The first-order valence-electron chi connectivity index (χ1n) is 6.40. The van der Waals surface area contributed by atoms with E-state index < -0.39 is 0 Å². The lowest BCUT2D eigenvalue weighted by atomic mass is 9.92. The van der Waals surface area contributed by atoms with Crippen molar-refractivity contribution in [2.45, 2.75) is 37.8 Å². The zero-order valence-electron chi connectivity index (χ0n) is 10.4. The van der Waals surface area contributed by atoms with E-state index in [9.17, 15) is 0 Å². The molecule has 0 bridgehead atoms. The quantitative estimate of drug-likeness (QED) is 0.924. The van der Waals surface area contributed by atoms with Crippen molar-refractivity contribution in [1.29, 1.82) is 0 Å². The molecule has 2 atom stereocenters. The summed E-state index contributed by atoms with van der Waals surface area (Å²) in [4.78, 5) is 8.53. The van der Waals surface area contributed by atoms with E-state index in [0.717, 1.165) is 22.5 Å². The van der Waals surface area contributed by atoms with Crippen LogP contribution in [0.15, 0.2) is 17.8 Å². The van der Waals surface area contributed by atoms with Crippen LogP contribution in [0, 0.1) is 0 Å². The van der Waals surface area contributed by atoms with E-state index in [1.165, 1.54) is 19.3 Å². The van der Waals surface area contributed by atoms with E-state index >= 15 is 0 Å². The Morgan fingerprint density at radius 2 is 2.22 bits per heavy atom. The Kier molecular flexibility index (Phi) is 3.43. The zero-order valence-corrected chi connectivity index (χ0v) is 11.2. The maximum atomic E-state index is 6.13. The number of fused-ring (bicyclic) bond motifs is 1. The van der Waals surface area contributed by atoms with Crippen molar-refractivity contribution < 1.29 is 4.74 Å². The van der Waals surface area contributed by atoms with Crippen LogP contribution in [-0.4, -0.2) is 29.2 Å². The molecule has 1 aliphatic carbocycles. The number of hydrogen-bond acceptors (Lipinski definition) is 5. The summed E-state index contributed by atoms with van der Waals surface area (Å²) in [6.07, 6.45) is 6.61. The molecule has 0 aromatic carbocycles. The molecule has 1 saturated carbocycles. The highest BCUT2D eigenvalue weighted by Gasteiger charge is 2.26. The molecule has 2 aromatic heterocycles. The topological polar surface area (TPSA) is 47.0 Å². The molecule has 0 radical (unpaired) electrons. The Bertz CT molecular complexity index is 528. The number of ether oxygens (including phenoxy) is 1. The Hall–Kier alpha value is -1.20. The second-order valence-electron chi connectivity index (χ2n) is 4.65. The van der Waals surface area contributed by atoms with Gasteiger partial charge in [0.15, 0.2) is 0 Å². The monoisotopic (exact) mass is 263 g/mol. The molecule has 96 valence electrons. The maximum absolute atomic E-state index is 6.13. The highest BCUT2D eigenvalue weighted by molar-refractivity contribution is 7.17. The summed E-state index contributed by atoms with van der Waals surface area (Å²) < 4.78 is 7.18. The zero-order chi connectivity index (χ0) is 12.4. The highest BCUT2D eigenvalue weighted by atomic mass is 32.1. The first-order chi connectivity index (χ1) is 8.88. The van der Waals surface area contributed by atoms with Crippen molar-refractivity contribution in [2.24, 2.45) is 0 Å². The van der Waals surface area contributed by atoms with Gasteiger partial charge < -0.3 is 10.1 Å². The van der Waals surface area contributed by atoms with Gasteiger partial charge in [-0.2, -0.15) is 0 Å². The lowest BCUT2D eigenvalue weighted by Crippen LogP contribution is -2.43. The Morgan fingerprint density at radius 3 is 3.11 bits per heavy atom. The average Bonchev–Trinajstić information content (AvgIpc) is 2.89. The van der Waals surface area contributed by atoms with Crippen molar-refractivity contribution in [3.05, 3.63) is 17.8 Å². The van der Waals surface area contributed by atoms with Gasteiger partial charge in [0.05, 0.1) is 5.52 Å². The predicted molar refractivity (Wildman–Crippen MR) is 73.1 cm³/mol. The van der Waals surface area contributed by atoms with Gasteiger partial charge in [-0.05, 0) is 37.8 Å². The fourth-order valence-corrected chi connectivity index (χ4v) is 3.34. The molecule has 0 saturated heterocycles. The van der Waals surface area contributed by atoms with Crippen LogP contribution in [0.25, 0.3) is 10.2 Å². The summed E-state index contributed by atoms with van der Waals surface area (Å²) in [6, 6.07) is 2.44. The van der Waals surface area contributed by atoms with E-state index in [-0.39, 0.29) is 6.10 Å². The molecule has 2 unspecified atom stereocenters. The van der Waals surface area contributed by atoms with Gasteiger partial charge in [-0.15, -0.1) is 11.3 Å². The Balaban J connectivity index is 1.84. The summed E-state index contributed by atoms with van der Waals surface area (Å²) in [7, 11) is 2.01. The highest BCUT2D eigenvalue weighted by Crippen LogP contribution is 2.30. The van der Waals surface area contributed by atoms with Crippen LogP contribution in [-0.2, 0) is 0 Å². The smallest absolute Gasteiger partial charge is 0.235 e. The second kappa shape index (κ2) is 5.20. The molecule has 1 N–H and O–H groups in total. The van der Waals surface area contributed by atoms with Gasteiger partial charge in [-0.1, -0.05) is 6.42 Å². The SMILES string of the molecule is CNC1CCCCC1Oc1ncnc2ccsc12. The molecule has 0 aliphatic heterocycles. The third-order valence-electron chi connectivity index (χ3n) is 3.55. The molecule has 0 amide bonds. The number of hydrogen-bond donors (Lipinski definition) is 1. The fourth-order valence-electron chi connectivity index (χ4n) is 2.56. The minimum absolute atomic E-state index is 0.226. The van der Waals surface area contributed by atoms with E-state index in [1.807, 2.05) is 18.5 Å². The van der Waals surface area contributed by atoms with Crippen molar-refractivity contribution >= 4 is 21.6 Å². The molecule has 2 heterocycles. The summed E-state index contributed by atoms with van der Waals surface area (Å²) >= 11 is 1.64. The molecule has 2 aromatic rings. The fraction of sp³-hybridized carbons (Fsp3) is 0.538. The standard InChI is InChI=1S/C13H17N3OS/c1-14-9-4-2-3-5-11(9)17-13-12-10(6-7-18-12)15-8-16-13/h6-9,11,14H,2-5H2,1H3. The van der Waals surface area contributed by atoms with Crippen molar-refractivity contribution in [3.8, 4) is 5.88 Å². The molecule has 1 aliphatic rings. The van der Waals surface area contributed by atoms with Gasteiger partial charge in [-0.3, -0.25) is 0 Å². The van der Waals surface area contributed by atoms with Crippen LogP contribution in [0.5, 0.6) is 5.88 Å². The van der Waals surface area contributed by atoms with Gasteiger partial charge >= 0.3 is 0 Å². The molecule has 4 nitrogen and oxygen atoms in total. The van der Waals surface area contributed by atoms with Crippen LogP contribution in [0.4, 0.5) is 0 Å². The number of rotatable bonds is 3. The van der Waals surface area contributed by atoms with Crippen LogP contribution >= 0.6 is 11.3 Å². The molecule has 3 rings (SSSR count). The summed E-state index contributed by atoms with van der Waals surface area (Å²) in [6.45, 7) is 0. The largest absolute Gasteiger partial charge is 0.472 e. The van der Waals surface area contributed by atoms with Crippen LogP contribution in [0.3, 0.4) is 0 Å². The van der Waals surface area contributed by atoms with Crippen LogP contribution in [0.2, 0.25) is 0 Å². The molecular formula is C13H17N3OS. The Morgan fingerprint density at radius 1 is 1.33 bits per heavy atom. The lowest BCUT2D eigenvalue weighted by molar-refractivity contribution is 0.115. The molecular weight excluding hydrogens is 246 g/mol. The first-order valence-corrected chi connectivity index (χ1v) is 7.28. The van der Waals surface area contributed by atoms with Crippen molar-refractivity contribution in [3.63, 3.8) is 0 Å². The van der Waals surface area contributed by atoms with Gasteiger partial charge in [-0.25, -0.2) is 9.97 Å². The van der Waals surface area contributed by atoms with E-state index in [2.05, 4.69) is 15.3 Å². The van der Waals surface area contributed by atoms with E-state index in [1.54, 1.807) is 17.7 Å². The summed E-state index contributed by atoms with van der Waals surface area (Å²) in [5.41, 5.74) is 0.974.